The Labute approximate surface area is 107 Å². The summed E-state index contributed by atoms with van der Waals surface area (Å²) in [5.41, 5.74) is -1.45. The van der Waals surface area contributed by atoms with Crippen molar-refractivity contribution in [3.05, 3.63) is 29.6 Å². The van der Waals surface area contributed by atoms with E-state index in [0.717, 1.165) is 12.8 Å². The van der Waals surface area contributed by atoms with Crippen molar-refractivity contribution in [3.63, 3.8) is 0 Å². The van der Waals surface area contributed by atoms with Crippen LogP contribution in [0.15, 0.2) is 18.2 Å². The number of carbonyl (C=O) groups excluding carboxylic acids is 1. The maximum absolute atomic E-state index is 13.4. The third kappa shape index (κ3) is 3.15. The van der Waals surface area contributed by atoms with E-state index < -0.39 is 29.3 Å². The Balaban J connectivity index is 2.17. The minimum atomic E-state index is -4.57. The molecule has 1 aliphatic rings. The third-order valence-electron chi connectivity index (χ3n) is 2.93. The molecular weight excluding hydrogens is 264 g/mol. The molecule has 1 fully saturated rings. The summed E-state index contributed by atoms with van der Waals surface area (Å²) in [5.74, 6) is -0.888. The summed E-state index contributed by atoms with van der Waals surface area (Å²) < 4.78 is 50.9. The van der Waals surface area contributed by atoms with Crippen molar-refractivity contribution < 1.29 is 22.4 Å². The number of hydrogen-bond acceptors (Lipinski definition) is 1. The van der Waals surface area contributed by atoms with E-state index >= 15 is 0 Å². The summed E-state index contributed by atoms with van der Waals surface area (Å²) >= 11 is 0. The monoisotopic (exact) mass is 276 g/mol. The molecule has 2 amide bonds. The first-order valence-corrected chi connectivity index (χ1v) is 5.80. The van der Waals surface area contributed by atoms with Crippen LogP contribution in [0.4, 0.5) is 28.0 Å². The van der Waals surface area contributed by atoms with Gasteiger partial charge in [0.05, 0.1) is 11.3 Å². The molecule has 0 aliphatic carbocycles. The Bertz CT molecular complexity index is 481. The minimum Gasteiger partial charge on any atom is -0.325 e. The van der Waals surface area contributed by atoms with Crippen molar-refractivity contribution in [1.29, 1.82) is 0 Å². The lowest BCUT2D eigenvalue weighted by molar-refractivity contribution is -0.137. The van der Waals surface area contributed by atoms with Crippen molar-refractivity contribution in [2.75, 3.05) is 18.4 Å². The first-order chi connectivity index (χ1) is 8.88. The summed E-state index contributed by atoms with van der Waals surface area (Å²) in [5, 5.41) is 2.18. The van der Waals surface area contributed by atoms with E-state index in [0.29, 0.717) is 31.3 Å². The predicted molar refractivity (Wildman–Crippen MR) is 61.2 cm³/mol. The maximum Gasteiger partial charge on any atom is 0.416 e. The second kappa shape index (κ2) is 5.07. The third-order valence-corrected chi connectivity index (χ3v) is 2.93. The zero-order chi connectivity index (χ0) is 14.0. The molecule has 3 nitrogen and oxygen atoms in total. The lowest BCUT2D eigenvalue weighted by Gasteiger charge is -2.17. The summed E-state index contributed by atoms with van der Waals surface area (Å²) in [6, 6.07) is 1.36. The van der Waals surface area contributed by atoms with Crippen LogP contribution < -0.4 is 5.32 Å². The molecule has 1 aromatic carbocycles. The Morgan fingerprint density at radius 2 is 1.84 bits per heavy atom. The summed E-state index contributed by atoms with van der Waals surface area (Å²) in [6.07, 6.45) is -2.88. The normalized spacial score (nSPS) is 15.7. The van der Waals surface area contributed by atoms with Gasteiger partial charge in [0.25, 0.3) is 0 Å². The number of rotatable bonds is 1. The molecule has 0 radical (unpaired) electrons. The Morgan fingerprint density at radius 3 is 2.42 bits per heavy atom. The number of urea groups is 1. The molecule has 0 atom stereocenters. The van der Waals surface area contributed by atoms with Crippen molar-refractivity contribution in [2.45, 2.75) is 19.0 Å². The van der Waals surface area contributed by atoms with Gasteiger partial charge in [-0.1, -0.05) is 0 Å². The molecule has 1 aliphatic heterocycles. The molecule has 1 saturated heterocycles. The van der Waals surface area contributed by atoms with Crippen LogP contribution in [0.3, 0.4) is 0 Å². The average Bonchev–Trinajstić information content (AvgIpc) is 2.84. The van der Waals surface area contributed by atoms with Gasteiger partial charge >= 0.3 is 12.2 Å². The van der Waals surface area contributed by atoms with Crippen LogP contribution in [0.5, 0.6) is 0 Å². The molecule has 1 aromatic rings. The van der Waals surface area contributed by atoms with Gasteiger partial charge in [0.1, 0.15) is 5.82 Å². The lowest BCUT2D eigenvalue weighted by atomic mass is 10.2. The standard InChI is InChI=1S/C12H12F4N2O/c13-9-4-3-8(12(14,15)16)7-10(9)17-11(19)18-5-1-2-6-18/h3-4,7H,1-2,5-6H2,(H,17,19). The number of amides is 2. The molecule has 0 aromatic heterocycles. The Kier molecular flexibility index (Phi) is 3.64. The van der Waals surface area contributed by atoms with Gasteiger partial charge < -0.3 is 10.2 Å². The van der Waals surface area contributed by atoms with E-state index in [-0.39, 0.29) is 0 Å². The zero-order valence-electron chi connectivity index (χ0n) is 9.93. The number of alkyl halides is 3. The molecular formula is C12H12F4N2O. The fraction of sp³-hybridized carbons (Fsp3) is 0.417. The van der Waals surface area contributed by atoms with Crippen LogP contribution >= 0.6 is 0 Å². The molecule has 1 N–H and O–H groups in total. The van der Waals surface area contributed by atoms with Crippen LogP contribution in [0, 0.1) is 5.82 Å². The highest BCUT2D eigenvalue weighted by molar-refractivity contribution is 5.89. The molecule has 104 valence electrons. The van der Waals surface area contributed by atoms with Crippen LogP contribution in [0.2, 0.25) is 0 Å². The highest BCUT2D eigenvalue weighted by Gasteiger charge is 2.31. The quantitative estimate of drug-likeness (QED) is 0.783. The lowest BCUT2D eigenvalue weighted by Crippen LogP contribution is -2.32. The van der Waals surface area contributed by atoms with E-state index in [1.54, 1.807) is 0 Å². The number of likely N-dealkylation sites (tertiary alicyclic amines) is 1. The molecule has 19 heavy (non-hydrogen) atoms. The van der Waals surface area contributed by atoms with Gasteiger partial charge in [-0.2, -0.15) is 13.2 Å². The van der Waals surface area contributed by atoms with Crippen LogP contribution in [-0.2, 0) is 6.18 Å². The molecule has 0 spiro atoms. The van der Waals surface area contributed by atoms with Crippen molar-refractivity contribution in [3.8, 4) is 0 Å². The molecule has 2 rings (SSSR count). The molecule has 1 heterocycles. The van der Waals surface area contributed by atoms with Crippen LogP contribution in [0.1, 0.15) is 18.4 Å². The van der Waals surface area contributed by atoms with Crippen LogP contribution in [-0.4, -0.2) is 24.0 Å². The maximum atomic E-state index is 13.4. The molecule has 0 bridgehead atoms. The first kappa shape index (κ1) is 13.6. The topological polar surface area (TPSA) is 32.3 Å². The van der Waals surface area contributed by atoms with Crippen molar-refractivity contribution >= 4 is 11.7 Å². The van der Waals surface area contributed by atoms with E-state index in [9.17, 15) is 22.4 Å². The second-order valence-electron chi connectivity index (χ2n) is 4.32. The highest BCUT2D eigenvalue weighted by Crippen LogP contribution is 2.31. The Morgan fingerprint density at radius 1 is 1.21 bits per heavy atom. The van der Waals surface area contributed by atoms with Gasteiger partial charge in [-0.25, -0.2) is 9.18 Å². The SMILES string of the molecule is O=C(Nc1cc(C(F)(F)F)ccc1F)N1CCCC1. The fourth-order valence-corrected chi connectivity index (χ4v) is 1.91. The average molecular weight is 276 g/mol. The Hall–Kier alpha value is -1.79. The largest absolute Gasteiger partial charge is 0.416 e. The van der Waals surface area contributed by atoms with E-state index in [1.807, 2.05) is 0 Å². The zero-order valence-corrected chi connectivity index (χ0v) is 9.93. The van der Waals surface area contributed by atoms with Gasteiger partial charge in [-0.3, -0.25) is 0 Å². The number of nitrogens with zero attached hydrogens (tertiary/aromatic N) is 1. The fourth-order valence-electron chi connectivity index (χ4n) is 1.91. The van der Waals surface area contributed by atoms with Gasteiger partial charge in [0.15, 0.2) is 0 Å². The number of benzene rings is 1. The number of halogens is 4. The van der Waals surface area contributed by atoms with Gasteiger partial charge in [0.2, 0.25) is 0 Å². The van der Waals surface area contributed by atoms with Crippen molar-refractivity contribution in [1.82, 2.24) is 4.90 Å². The van der Waals surface area contributed by atoms with Crippen LogP contribution in [0.25, 0.3) is 0 Å². The van der Waals surface area contributed by atoms with E-state index in [1.165, 1.54) is 4.90 Å². The number of nitrogens with one attached hydrogen (secondary N) is 1. The number of carbonyl (C=O) groups is 1. The van der Waals surface area contributed by atoms with E-state index in [2.05, 4.69) is 5.32 Å². The second-order valence-corrected chi connectivity index (χ2v) is 4.32. The molecule has 7 heteroatoms. The molecule has 0 saturated carbocycles. The summed E-state index contributed by atoms with van der Waals surface area (Å²) in [6.45, 7) is 1.07. The summed E-state index contributed by atoms with van der Waals surface area (Å²) in [7, 11) is 0. The van der Waals surface area contributed by atoms with Gasteiger partial charge in [-0.05, 0) is 31.0 Å². The van der Waals surface area contributed by atoms with E-state index in [4.69, 9.17) is 0 Å². The minimum absolute atomic E-state index is 0.452. The van der Waals surface area contributed by atoms with Gasteiger partial charge in [0, 0.05) is 13.1 Å². The predicted octanol–water partition coefficient (Wildman–Crippen LogP) is 3.47. The first-order valence-electron chi connectivity index (χ1n) is 5.80. The molecule has 0 unspecified atom stereocenters. The highest BCUT2D eigenvalue weighted by atomic mass is 19.4. The smallest absolute Gasteiger partial charge is 0.325 e. The summed E-state index contributed by atoms with van der Waals surface area (Å²) in [4.78, 5) is 13.1. The number of hydrogen-bond donors (Lipinski definition) is 1. The van der Waals surface area contributed by atoms with Gasteiger partial charge in [-0.15, -0.1) is 0 Å². The van der Waals surface area contributed by atoms with Crippen molar-refractivity contribution in [2.24, 2.45) is 0 Å². The number of anilines is 1.